The molecule has 1 fully saturated rings. The predicted molar refractivity (Wildman–Crippen MR) is 90.6 cm³/mol. The molecule has 116 valence electrons. The molecule has 1 saturated carbocycles. The molecule has 0 saturated heterocycles. The van der Waals surface area contributed by atoms with Gasteiger partial charge in [0.05, 0.1) is 10.3 Å². The van der Waals surface area contributed by atoms with Gasteiger partial charge in [-0.2, -0.15) is 0 Å². The number of carbonyl (C=O) groups excluding carboxylic acids is 1. The fraction of sp³-hybridized carbons (Fsp3) is 0.571. The molecule has 5 nitrogen and oxygen atoms in total. The van der Waals surface area contributed by atoms with Gasteiger partial charge in [-0.05, 0) is 40.9 Å². The number of hydrogen-bond acceptors (Lipinski definition) is 3. The van der Waals surface area contributed by atoms with E-state index >= 15 is 0 Å². The Bertz CT molecular complexity index is 525. The van der Waals surface area contributed by atoms with Gasteiger partial charge in [-0.15, -0.1) is 11.3 Å². The summed E-state index contributed by atoms with van der Waals surface area (Å²) in [5.74, 6) is 0.814. The Balaban J connectivity index is 1.99. The SMILES string of the molecule is CN(C)C(=O)CN=C(NC1CC1)N(C)Cc1ccc(Br)s1. The summed E-state index contributed by atoms with van der Waals surface area (Å²) in [7, 11) is 5.50. The van der Waals surface area contributed by atoms with Gasteiger partial charge in [-0.1, -0.05) is 0 Å². The molecule has 0 aromatic carbocycles. The maximum atomic E-state index is 11.7. The van der Waals surface area contributed by atoms with Crippen LogP contribution in [0.3, 0.4) is 0 Å². The minimum Gasteiger partial charge on any atom is -0.353 e. The number of likely N-dealkylation sites (N-methyl/N-ethyl adjacent to an activating group) is 1. The molecular formula is C14H21BrN4OS. The van der Waals surface area contributed by atoms with Crippen LogP contribution in [0.5, 0.6) is 0 Å². The first-order chi connectivity index (χ1) is 9.95. The molecule has 1 aliphatic rings. The number of hydrogen-bond donors (Lipinski definition) is 1. The quantitative estimate of drug-likeness (QED) is 0.636. The smallest absolute Gasteiger partial charge is 0.243 e. The summed E-state index contributed by atoms with van der Waals surface area (Å²) >= 11 is 5.19. The summed E-state index contributed by atoms with van der Waals surface area (Å²) in [5, 5.41) is 3.41. The van der Waals surface area contributed by atoms with E-state index in [1.54, 1.807) is 30.3 Å². The minimum atomic E-state index is 0.0114. The Labute approximate surface area is 138 Å². The molecule has 0 spiro atoms. The van der Waals surface area contributed by atoms with Crippen molar-refractivity contribution in [1.29, 1.82) is 0 Å². The number of carbonyl (C=O) groups is 1. The number of amides is 1. The third kappa shape index (κ3) is 5.32. The molecule has 2 rings (SSSR count). The van der Waals surface area contributed by atoms with Crippen LogP contribution in [0.1, 0.15) is 17.7 Å². The first-order valence-electron chi connectivity index (χ1n) is 6.92. The average Bonchev–Trinajstić information content (AvgIpc) is 3.16. The van der Waals surface area contributed by atoms with Gasteiger partial charge in [0.15, 0.2) is 5.96 Å². The third-order valence-electron chi connectivity index (χ3n) is 3.16. The lowest BCUT2D eigenvalue weighted by molar-refractivity contribution is -0.127. The van der Waals surface area contributed by atoms with E-state index in [4.69, 9.17) is 0 Å². The second-order valence-electron chi connectivity index (χ2n) is 5.41. The third-order valence-corrected chi connectivity index (χ3v) is 4.77. The summed E-state index contributed by atoms with van der Waals surface area (Å²) in [6, 6.07) is 4.66. The highest BCUT2D eigenvalue weighted by molar-refractivity contribution is 9.11. The van der Waals surface area contributed by atoms with E-state index in [9.17, 15) is 4.79 Å². The second-order valence-corrected chi connectivity index (χ2v) is 7.96. The fourth-order valence-electron chi connectivity index (χ4n) is 1.72. The van der Waals surface area contributed by atoms with Crippen LogP contribution in [-0.2, 0) is 11.3 Å². The molecule has 0 radical (unpaired) electrons. The Morgan fingerprint density at radius 2 is 2.14 bits per heavy atom. The average molecular weight is 373 g/mol. The zero-order valence-corrected chi connectivity index (χ0v) is 15.0. The number of rotatable bonds is 5. The summed E-state index contributed by atoms with van der Waals surface area (Å²) in [5.41, 5.74) is 0. The van der Waals surface area contributed by atoms with E-state index in [2.05, 4.69) is 43.3 Å². The Morgan fingerprint density at radius 3 is 2.67 bits per heavy atom. The van der Waals surface area contributed by atoms with E-state index in [0.717, 1.165) is 16.3 Å². The van der Waals surface area contributed by atoms with Crippen LogP contribution < -0.4 is 5.32 Å². The van der Waals surface area contributed by atoms with Crippen molar-refractivity contribution in [3.63, 3.8) is 0 Å². The lowest BCUT2D eigenvalue weighted by Crippen LogP contribution is -2.40. The molecule has 1 aromatic rings. The molecule has 1 amide bonds. The highest BCUT2D eigenvalue weighted by atomic mass is 79.9. The predicted octanol–water partition coefficient (Wildman–Crippen LogP) is 2.14. The lowest BCUT2D eigenvalue weighted by Gasteiger charge is -2.22. The van der Waals surface area contributed by atoms with Gasteiger partial charge in [0.1, 0.15) is 6.54 Å². The fourth-order valence-corrected chi connectivity index (χ4v) is 3.25. The van der Waals surface area contributed by atoms with Crippen molar-refractivity contribution in [2.45, 2.75) is 25.4 Å². The minimum absolute atomic E-state index is 0.0114. The maximum absolute atomic E-state index is 11.7. The molecule has 7 heteroatoms. The Morgan fingerprint density at radius 1 is 1.43 bits per heavy atom. The van der Waals surface area contributed by atoms with Gasteiger partial charge in [-0.3, -0.25) is 4.79 Å². The van der Waals surface area contributed by atoms with Crippen LogP contribution in [-0.4, -0.2) is 55.4 Å². The van der Waals surface area contributed by atoms with Crippen LogP contribution in [0.25, 0.3) is 0 Å². The highest BCUT2D eigenvalue weighted by Gasteiger charge is 2.24. The van der Waals surface area contributed by atoms with Gasteiger partial charge in [0.25, 0.3) is 0 Å². The first kappa shape index (κ1) is 16.3. The standard InChI is InChI=1S/C14H21BrN4OS/c1-18(2)13(20)8-16-14(17-10-4-5-10)19(3)9-11-6-7-12(15)21-11/h6-7,10H,4-5,8-9H2,1-3H3,(H,16,17). The molecule has 1 aromatic heterocycles. The van der Waals surface area contributed by atoms with E-state index < -0.39 is 0 Å². The molecule has 1 N–H and O–H groups in total. The summed E-state index contributed by atoms with van der Waals surface area (Å²) in [4.78, 5) is 21.1. The lowest BCUT2D eigenvalue weighted by atomic mass is 10.4. The van der Waals surface area contributed by atoms with Crippen molar-refractivity contribution in [3.8, 4) is 0 Å². The molecule has 0 atom stereocenters. The molecule has 21 heavy (non-hydrogen) atoms. The van der Waals surface area contributed by atoms with Gasteiger partial charge >= 0.3 is 0 Å². The Kier molecular flexibility index (Phi) is 5.64. The zero-order valence-electron chi connectivity index (χ0n) is 12.6. The number of halogens is 1. The van der Waals surface area contributed by atoms with Crippen LogP contribution in [0.2, 0.25) is 0 Å². The van der Waals surface area contributed by atoms with E-state index in [0.29, 0.717) is 6.04 Å². The summed E-state index contributed by atoms with van der Waals surface area (Å²) in [6.07, 6.45) is 2.36. The van der Waals surface area contributed by atoms with E-state index in [-0.39, 0.29) is 12.5 Å². The van der Waals surface area contributed by atoms with Crippen molar-refractivity contribution in [1.82, 2.24) is 15.1 Å². The monoisotopic (exact) mass is 372 g/mol. The normalized spacial score (nSPS) is 15.0. The Hall–Kier alpha value is -1.08. The largest absolute Gasteiger partial charge is 0.353 e. The molecular weight excluding hydrogens is 352 g/mol. The number of guanidine groups is 1. The molecule has 0 aliphatic heterocycles. The first-order valence-corrected chi connectivity index (χ1v) is 8.53. The van der Waals surface area contributed by atoms with Crippen LogP contribution in [0.4, 0.5) is 0 Å². The number of thiophene rings is 1. The van der Waals surface area contributed by atoms with Crippen LogP contribution in [0, 0.1) is 0 Å². The van der Waals surface area contributed by atoms with Gasteiger partial charge in [0.2, 0.25) is 5.91 Å². The van der Waals surface area contributed by atoms with Crippen molar-refractivity contribution in [2.24, 2.45) is 4.99 Å². The molecule has 0 unspecified atom stereocenters. The molecule has 1 heterocycles. The summed E-state index contributed by atoms with van der Waals surface area (Å²) in [6.45, 7) is 0.964. The molecule has 1 aliphatic carbocycles. The second kappa shape index (κ2) is 7.26. The van der Waals surface area contributed by atoms with Crippen molar-refractivity contribution < 1.29 is 4.79 Å². The number of aliphatic imine (C=N–C) groups is 1. The number of nitrogens with zero attached hydrogens (tertiary/aromatic N) is 3. The van der Waals surface area contributed by atoms with Gasteiger partial charge < -0.3 is 15.1 Å². The van der Waals surface area contributed by atoms with Gasteiger partial charge in [-0.25, -0.2) is 4.99 Å². The van der Waals surface area contributed by atoms with E-state index in [1.165, 1.54) is 17.7 Å². The molecule has 0 bridgehead atoms. The topological polar surface area (TPSA) is 47.9 Å². The van der Waals surface area contributed by atoms with E-state index in [1.807, 2.05) is 7.05 Å². The van der Waals surface area contributed by atoms with Crippen LogP contribution >= 0.6 is 27.3 Å². The van der Waals surface area contributed by atoms with Crippen molar-refractivity contribution >= 4 is 39.1 Å². The maximum Gasteiger partial charge on any atom is 0.243 e. The highest BCUT2D eigenvalue weighted by Crippen LogP contribution is 2.23. The zero-order chi connectivity index (χ0) is 15.4. The number of nitrogens with one attached hydrogen (secondary N) is 1. The van der Waals surface area contributed by atoms with Crippen LogP contribution in [0.15, 0.2) is 20.9 Å². The van der Waals surface area contributed by atoms with Gasteiger partial charge in [0, 0.05) is 32.1 Å². The summed E-state index contributed by atoms with van der Waals surface area (Å²) < 4.78 is 1.13. The van der Waals surface area contributed by atoms with Crippen molar-refractivity contribution in [3.05, 3.63) is 20.8 Å². The van der Waals surface area contributed by atoms with Crippen molar-refractivity contribution in [2.75, 3.05) is 27.7 Å².